The summed E-state index contributed by atoms with van der Waals surface area (Å²) < 4.78 is 5.13. The summed E-state index contributed by atoms with van der Waals surface area (Å²) in [7, 11) is 0. The third kappa shape index (κ3) is 5.40. The Morgan fingerprint density at radius 1 is 1.04 bits per heavy atom. The van der Waals surface area contributed by atoms with Crippen molar-refractivity contribution in [2.24, 2.45) is 5.92 Å². The number of nitrogens with one attached hydrogen (secondary N) is 1. The molecule has 6 nitrogen and oxygen atoms in total. The van der Waals surface area contributed by atoms with Gasteiger partial charge in [0.25, 0.3) is 0 Å². The van der Waals surface area contributed by atoms with E-state index in [4.69, 9.17) is 4.74 Å². The van der Waals surface area contributed by atoms with E-state index in [-0.39, 0.29) is 31.4 Å². The van der Waals surface area contributed by atoms with Crippen LogP contribution in [-0.2, 0) is 9.53 Å². The Balaban J connectivity index is 1.37. The fourth-order valence-corrected chi connectivity index (χ4v) is 3.23. The molecule has 2 aromatic rings. The maximum Gasteiger partial charge on any atom is 0.338 e. The van der Waals surface area contributed by atoms with Crippen molar-refractivity contribution in [2.45, 2.75) is 0 Å². The molecule has 0 radical (unpaired) electrons. The van der Waals surface area contributed by atoms with Gasteiger partial charge in [0.1, 0.15) is 6.61 Å². The lowest BCUT2D eigenvalue weighted by Crippen LogP contribution is -2.33. The first-order valence-corrected chi connectivity index (χ1v) is 9.70. The minimum absolute atomic E-state index is 0.0347. The van der Waals surface area contributed by atoms with Crippen LogP contribution in [0.3, 0.4) is 0 Å². The lowest BCUT2D eigenvalue weighted by Gasteiger charge is -2.20. The van der Waals surface area contributed by atoms with Crippen molar-refractivity contribution in [3.63, 3.8) is 0 Å². The molecule has 1 amide bonds. The number of rotatable bonds is 8. The zero-order valence-corrected chi connectivity index (χ0v) is 15.9. The van der Waals surface area contributed by atoms with Crippen LogP contribution in [0.2, 0.25) is 0 Å². The zero-order chi connectivity index (χ0) is 19.8. The molecule has 0 aliphatic carbocycles. The summed E-state index contributed by atoms with van der Waals surface area (Å²) in [5, 5.41) is 4.60. The van der Waals surface area contributed by atoms with E-state index in [1.54, 1.807) is 59.8 Å². The van der Waals surface area contributed by atoms with E-state index in [1.807, 2.05) is 17.5 Å². The number of amides is 1. The summed E-state index contributed by atoms with van der Waals surface area (Å²) in [6, 6.07) is 12.3. The molecule has 0 saturated carbocycles. The highest BCUT2D eigenvalue weighted by molar-refractivity contribution is 7.12. The van der Waals surface area contributed by atoms with Crippen molar-refractivity contribution in [3.8, 4) is 0 Å². The van der Waals surface area contributed by atoms with Crippen LogP contribution in [0.4, 0.5) is 0 Å². The molecule has 1 N–H and O–H groups in total. The average molecular weight is 396 g/mol. The van der Waals surface area contributed by atoms with Crippen molar-refractivity contribution >= 4 is 29.0 Å². The second-order valence-corrected chi connectivity index (χ2v) is 7.02. The second-order valence-electron chi connectivity index (χ2n) is 6.07. The Bertz CT molecular complexity index is 861. The van der Waals surface area contributed by atoms with Gasteiger partial charge in [0, 0.05) is 12.4 Å². The van der Waals surface area contributed by atoms with E-state index < -0.39 is 11.9 Å². The quantitative estimate of drug-likeness (QED) is 0.422. The molecule has 0 bridgehead atoms. The third-order valence-corrected chi connectivity index (χ3v) is 4.95. The lowest BCUT2D eigenvalue weighted by atomic mass is 10.1. The number of ketones is 1. The molecule has 2 heterocycles. The molecule has 1 aromatic heterocycles. The van der Waals surface area contributed by atoms with Crippen LogP contribution in [0, 0.1) is 5.92 Å². The number of hydrogen-bond acceptors (Lipinski definition) is 6. The zero-order valence-electron chi connectivity index (χ0n) is 15.1. The van der Waals surface area contributed by atoms with Gasteiger partial charge in [0.15, 0.2) is 5.78 Å². The normalized spacial score (nSPS) is 13.4. The Morgan fingerprint density at radius 3 is 2.46 bits per heavy atom. The molecule has 7 heteroatoms. The highest BCUT2D eigenvalue weighted by Gasteiger charge is 2.17. The topological polar surface area (TPSA) is 75.7 Å². The molecule has 1 aromatic carbocycles. The van der Waals surface area contributed by atoms with E-state index in [0.717, 1.165) is 0 Å². The first kappa shape index (κ1) is 19.6. The minimum atomic E-state index is -0.419. The summed E-state index contributed by atoms with van der Waals surface area (Å²) in [5.41, 5.74) is 0.476. The largest absolute Gasteiger partial charge is 0.460 e. The number of carbonyl (C=O) groups is 3. The number of nitrogens with zero attached hydrogens (tertiary/aromatic N) is 1. The number of hydrogen-bond donors (Lipinski definition) is 1. The van der Waals surface area contributed by atoms with E-state index in [9.17, 15) is 14.4 Å². The molecule has 1 aliphatic heterocycles. The number of benzene rings is 1. The molecular formula is C21H20N2O4S. The first-order valence-electron chi connectivity index (χ1n) is 8.82. The van der Waals surface area contributed by atoms with Gasteiger partial charge in [0.2, 0.25) is 5.91 Å². The minimum Gasteiger partial charge on any atom is -0.460 e. The van der Waals surface area contributed by atoms with Gasteiger partial charge in [-0.15, -0.1) is 11.3 Å². The summed E-state index contributed by atoms with van der Waals surface area (Å²) in [6.07, 6.45) is 6.91. The van der Waals surface area contributed by atoms with Gasteiger partial charge in [-0.3, -0.25) is 9.59 Å². The lowest BCUT2D eigenvalue weighted by molar-refractivity contribution is -0.122. The SMILES string of the molecule is O=C(OCCNC(=O)C1C=CN(CC(=O)c2cccs2)C=C1)c1ccccc1. The number of Topliss-reactive ketones (excluding diaryl/α,β-unsaturated/α-hetero) is 1. The van der Waals surface area contributed by atoms with Crippen molar-refractivity contribution < 1.29 is 19.1 Å². The van der Waals surface area contributed by atoms with E-state index in [0.29, 0.717) is 10.4 Å². The van der Waals surface area contributed by atoms with Crippen molar-refractivity contribution in [1.29, 1.82) is 0 Å². The number of ether oxygens (including phenoxy) is 1. The molecule has 0 fully saturated rings. The molecule has 3 rings (SSSR count). The maximum atomic E-state index is 12.2. The fourth-order valence-electron chi connectivity index (χ4n) is 2.57. The summed E-state index contributed by atoms with van der Waals surface area (Å²) in [4.78, 5) is 38.6. The van der Waals surface area contributed by atoms with Crippen LogP contribution >= 0.6 is 11.3 Å². The predicted molar refractivity (Wildman–Crippen MR) is 107 cm³/mol. The monoisotopic (exact) mass is 396 g/mol. The van der Waals surface area contributed by atoms with Crippen molar-refractivity contribution in [2.75, 3.05) is 19.7 Å². The molecule has 0 saturated heterocycles. The summed E-state index contributed by atoms with van der Waals surface area (Å²) in [5.74, 6) is -0.990. The number of thiophene rings is 1. The number of carbonyl (C=O) groups excluding carboxylic acids is 3. The van der Waals surface area contributed by atoms with E-state index >= 15 is 0 Å². The molecule has 0 atom stereocenters. The van der Waals surface area contributed by atoms with E-state index in [2.05, 4.69) is 5.32 Å². The smallest absolute Gasteiger partial charge is 0.338 e. The third-order valence-electron chi connectivity index (χ3n) is 4.04. The maximum absolute atomic E-state index is 12.2. The Kier molecular flexibility index (Phi) is 6.75. The van der Waals surface area contributed by atoms with Gasteiger partial charge in [-0.2, -0.15) is 0 Å². The Hall–Kier alpha value is -3.19. The Morgan fingerprint density at radius 2 is 1.79 bits per heavy atom. The van der Waals surface area contributed by atoms with Gasteiger partial charge in [-0.25, -0.2) is 4.79 Å². The van der Waals surface area contributed by atoms with Gasteiger partial charge in [0.05, 0.1) is 29.4 Å². The van der Waals surface area contributed by atoms with Crippen LogP contribution in [0.5, 0.6) is 0 Å². The van der Waals surface area contributed by atoms with Crippen LogP contribution in [0.25, 0.3) is 0 Å². The molecule has 28 heavy (non-hydrogen) atoms. The summed E-state index contributed by atoms with van der Waals surface area (Å²) >= 11 is 1.41. The fraction of sp³-hybridized carbons (Fsp3) is 0.190. The Labute approximate surface area is 167 Å². The first-order chi connectivity index (χ1) is 13.6. The molecule has 144 valence electrons. The van der Waals surface area contributed by atoms with E-state index in [1.165, 1.54) is 11.3 Å². The van der Waals surface area contributed by atoms with Crippen LogP contribution in [-0.4, -0.2) is 42.3 Å². The predicted octanol–water partition coefficient (Wildman–Crippen LogP) is 2.86. The highest BCUT2D eigenvalue weighted by Crippen LogP contribution is 2.14. The van der Waals surface area contributed by atoms with Crippen molar-refractivity contribution in [1.82, 2.24) is 10.2 Å². The molecule has 0 spiro atoms. The summed E-state index contributed by atoms with van der Waals surface area (Å²) in [6.45, 7) is 0.564. The van der Waals surface area contributed by atoms with Crippen molar-refractivity contribution in [3.05, 3.63) is 82.8 Å². The average Bonchev–Trinajstić information content (AvgIpc) is 3.27. The van der Waals surface area contributed by atoms with Gasteiger partial charge < -0.3 is 15.0 Å². The highest BCUT2D eigenvalue weighted by atomic mass is 32.1. The van der Waals surface area contributed by atoms with Crippen LogP contribution in [0.1, 0.15) is 20.0 Å². The van der Waals surface area contributed by atoms with Crippen LogP contribution < -0.4 is 5.32 Å². The standard InChI is InChI=1S/C21H20N2O4S/c24-18(19-7-4-14-28-19)15-23-11-8-16(9-12-23)20(25)22-10-13-27-21(26)17-5-2-1-3-6-17/h1-9,11-12,14,16H,10,13,15H2,(H,22,25). The van der Waals surface area contributed by atoms with Crippen LogP contribution in [0.15, 0.2) is 72.4 Å². The molecule has 0 unspecified atom stereocenters. The van der Waals surface area contributed by atoms with Gasteiger partial charge in [-0.1, -0.05) is 36.4 Å². The number of esters is 1. The second kappa shape index (κ2) is 9.66. The van der Waals surface area contributed by atoms with Gasteiger partial charge >= 0.3 is 5.97 Å². The molecule has 1 aliphatic rings. The van der Waals surface area contributed by atoms with Gasteiger partial charge in [-0.05, 0) is 23.6 Å². The molecular weight excluding hydrogens is 376 g/mol.